The van der Waals surface area contributed by atoms with Crippen molar-refractivity contribution in [2.24, 2.45) is 53.3 Å². The Morgan fingerprint density at radius 1 is 0.518 bits per heavy atom. The third-order valence-corrected chi connectivity index (χ3v) is 24.8. The Labute approximate surface area is 817 Å². The molecule has 0 aromatic heterocycles. The number of nitro benzene ring substituents is 1. The van der Waals surface area contributed by atoms with Crippen LogP contribution in [-0.4, -0.2) is 217 Å². The number of esters is 2. The molecule has 35 nitrogen and oxygen atoms in total. The number of Topliss-reactive ketones (excluding diaryl/α,β-unsaturated/α-hetero) is 3. The van der Waals surface area contributed by atoms with Crippen LogP contribution in [0, 0.1) is 63.4 Å². The minimum absolute atomic E-state index is 0.0576. The lowest BCUT2D eigenvalue weighted by atomic mass is 9.83. The van der Waals surface area contributed by atoms with Gasteiger partial charge in [0.1, 0.15) is 19.0 Å². The topological polar surface area (TPSA) is 471 Å². The minimum Gasteiger partial charge on any atom is -0.466 e. The summed E-state index contributed by atoms with van der Waals surface area (Å²) in [5.41, 5.74) is 2.66. The Kier molecular flexibility index (Phi) is 53.1. The molecule has 0 unspecified atom stereocenters. The van der Waals surface area contributed by atoms with Gasteiger partial charge >= 0.3 is 24.2 Å². The number of anilines is 2. The van der Waals surface area contributed by atoms with Gasteiger partial charge in [0.25, 0.3) is 5.69 Å². The summed E-state index contributed by atoms with van der Waals surface area (Å²) in [6.07, 6.45) is 8.35. The molecule has 139 heavy (non-hydrogen) atoms. The zero-order valence-corrected chi connectivity index (χ0v) is 84.5. The van der Waals surface area contributed by atoms with Gasteiger partial charge in [-0.1, -0.05) is 177 Å². The van der Waals surface area contributed by atoms with Crippen LogP contribution in [0.5, 0.6) is 5.75 Å². The number of benzene rings is 4. The number of unbranched alkanes of at least 4 members (excludes halogenated alkanes) is 6. The first-order chi connectivity index (χ1) is 65.8. The van der Waals surface area contributed by atoms with Crippen LogP contribution in [0.3, 0.4) is 0 Å². The zero-order chi connectivity index (χ0) is 104. The van der Waals surface area contributed by atoms with Gasteiger partial charge < -0.3 is 79.5 Å². The van der Waals surface area contributed by atoms with Crippen molar-refractivity contribution in [3.8, 4) is 5.75 Å². The molecular formula is C104H149N9O26. The molecule has 0 spiro atoms. The number of methoxy groups -OCH3 is 4. The molecule has 766 valence electrons. The number of hydrogen-bond donors (Lipinski definition) is 6. The smallest absolute Gasteiger partial charge is 0.466 e. The number of hydrogen-bond acceptors (Lipinski definition) is 26. The van der Waals surface area contributed by atoms with E-state index < -0.39 is 113 Å². The summed E-state index contributed by atoms with van der Waals surface area (Å²) >= 11 is 0. The molecule has 0 radical (unpaired) electrons. The Morgan fingerprint density at radius 2 is 0.986 bits per heavy atom. The molecule has 1 aliphatic heterocycles. The Morgan fingerprint density at radius 3 is 1.41 bits per heavy atom. The lowest BCUT2D eigenvalue weighted by Gasteiger charge is -2.41. The van der Waals surface area contributed by atoms with Crippen LogP contribution < -0.4 is 31.3 Å². The van der Waals surface area contributed by atoms with Crippen molar-refractivity contribution in [2.45, 2.75) is 287 Å². The average Bonchev–Trinajstić information content (AvgIpc) is 1.74. The van der Waals surface area contributed by atoms with Crippen molar-refractivity contribution in [1.82, 2.24) is 30.7 Å². The maximum atomic E-state index is 14.8. The van der Waals surface area contributed by atoms with E-state index in [0.29, 0.717) is 92.4 Å². The molecule has 1 aliphatic rings. The van der Waals surface area contributed by atoms with E-state index in [1.54, 1.807) is 105 Å². The largest absolute Gasteiger partial charge is 0.514 e. The van der Waals surface area contributed by atoms with E-state index in [4.69, 9.17) is 23.7 Å². The number of rotatable bonds is 59. The van der Waals surface area contributed by atoms with E-state index >= 15 is 0 Å². The van der Waals surface area contributed by atoms with Gasteiger partial charge in [-0.2, -0.15) is 0 Å². The summed E-state index contributed by atoms with van der Waals surface area (Å²) in [5.74, 6) is -8.45. The molecule has 0 bridgehead atoms. The molecule has 1 saturated heterocycles. The number of carbonyl (C=O) groups excluding carboxylic acids is 16. The van der Waals surface area contributed by atoms with E-state index in [2.05, 4.69) is 36.1 Å². The fraction of sp³-hybridized carbons (Fsp3) is 0.577. The quantitative estimate of drug-likeness (QED) is 0.00455. The lowest BCUT2D eigenvalue weighted by Crippen LogP contribution is -2.55. The predicted molar refractivity (Wildman–Crippen MR) is 523 cm³/mol. The van der Waals surface area contributed by atoms with Gasteiger partial charge in [0.2, 0.25) is 41.4 Å². The first-order valence-electron chi connectivity index (χ1n) is 48.0. The molecule has 6 N–H and O–H groups in total. The second-order valence-electron chi connectivity index (χ2n) is 37.1. The first kappa shape index (κ1) is 119. The van der Waals surface area contributed by atoms with Gasteiger partial charge in [-0.05, 0) is 140 Å². The fourth-order valence-corrected chi connectivity index (χ4v) is 16.4. The fourth-order valence-electron chi connectivity index (χ4n) is 16.4. The number of likely N-dealkylation sites (N-methyl/N-ethyl adjacent to an activating group) is 2. The van der Waals surface area contributed by atoms with Crippen molar-refractivity contribution < 1.29 is 120 Å². The van der Waals surface area contributed by atoms with Crippen LogP contribution in [0.2, 0.25) is 0 Å². The molecular weight excluding hydrogens is 1790 g/mol. The SMILES string of the molecule is CC[C@H](C)[C@@H]([C@@H](CC(=O)N1CCC[C@H]1[C@H](OC)[C@@H](C)C(=O)N[C@H](C)[C@@H](O)c1ccccc1)OC)N(C)C(=O)[C@@H](CC(=O)[C@H](C(C)C)N(C)C(=O)OCc1ccc(NC(=O)[C@H](C)CC(=O)[C@@H](NC(=O)CCCCCCC(=O)/C=C\C(=O)OC)C(C)C)cc1)C(C)C.COC(=O)/C=C\C(=O)CCCCCCC(=O)N[C@H](C(=O)C[C@@H](C)C(=O)Nc1ccc(COC(=O)Oc2ccc([N+](=O)[O-])cc2)cc1)C(C)C. The standard InChI is InChI=1S/C69H106N6O15.C35H43N3O11/c1-17-45(8)63(57(87-14)40-59(80)75-37-25-29-54(75)65(89-16)47(10)67(84)70-48(11)64(82)50-26-21-20-22-27-50)73(12)68(85)53(42(2)3)39-56(78)62(44(6)7)74(13)69(86)90-41-49-31-33-51(34-32-49)71-66(83)46(9)38-55(77)61(43(4)5)72-58(79)30-24-19-18-23-28-52(76)35-36-60(81)88-15;1-23(2)33(37-31(41)10-8-6-5-7-9-28(39)17-20-32(42)47-4)30(40)21-24(3)34(43)36-26-13-11-25(12-14-26)22-48-35(44)49-29-18-15-27(16-19-29)38(45)46/h20-22,26-27,31-36,42-48,53-54,57,61-65,82H,17-19,23-25,28-30,37-41H2,1-16H3,(H,70,84)(H,71,83)(H,72,79);11-20,23-24,33H,5-10,21-22H2,1-4H3,(H,36,43)(H,37,41)/b36-35-;20-17-/t45-,46+,47+,48+,53-,54-,57+,61-,62-,63-,64+,65+;24-,33+/m01/s1. The summed E-state index contributed by atoms with van der Waals surface area (Å²) in [7, 11) is 8.69. The van der Waals surface area contributed by atoms with Gasteiger partial charge in [0.15, 0.2) is 28.9 Å². The zero-order valence-electron chi connectivity index (χ0n) is 84.5. The van der Waals surface area contributed by atoms with Crippen LogP contribution in [0.4, 0.5) is 26.7 Å². The number of non-ortho nitro benzene ring substituents is 1. The van der Waals surface area contributed by atoms with E-state index in [0.717, 1.165) is 31.4 Å². The second-order valence-corrected chi connectivity index (χ2v) is 37.1. The second kappa shape index (κ2) is 61.9. The third kappa shape index (κ3) is 41.4. The molecule has 4 aromatic carbocycles. The number of allylic oxidation sites excluding steroid dienone is 2. The number of aliphatic hydroxyl groups excluding tert-OH is 1. The summed E-state index contributed by atoms with van der Waals surface area (Å²) in [6, 6.07) is 23.2. The third-order valence-electron chi connectivity index (χ3n) is 24.8. The van der Waals surface area contributed by atoms with Crippen LogP contribution >= 0.6 is 0 Å². The molecule has 5 rings (SSSR count). The van der Waals surface area contributed by atoms with Crippen LogP contribution in [0.1, 0.15) is 242 Å². The summed E-state index contributed by atoms with van der Waals surface area (Å²) in [4.78, 5) is 222. The van der Waals surface area contributed by atoms with Gasteiger partial charge in [0, 0.05) is 133 Å². The molecule has 35 heteroatoms. The summed E-state index contributed by atoms with van der Waals surface area (Å²) < 4.78 is 36.8. The van der Waals surface area contributed by atoms with Gasteiger partial charge in [-0.25, -0.2) is 19.2 Å². The number of ether oxygens (including phenoxy) is 7. The van der Waals surface area contributed by atoms with Crippen LogP contribution in [0.25, 0.3) is 0 Å². The maximum Gasteiger partial charge on any atom is 0.514 e. The Hall–Kier alpha value is -12.2. The van der Waals surface area contributed by atoms with Crippen molar-refractivity contribution in [3.63, 3.8) is 0 Å². The van der Waals surface area contributed by atoms with Crippen molar-refractivity contribution >= 4 is 112 Å². The highest BCUT2D eigenvalue weighted by atomic mass is 16.7. The highest BCUT2D eigenvalue weighted by Gasteiger charge is 2.45. The number of aliphatic hydroxyl groups is 1. The molecule has 14 atom stereocenters. The highest BCUT2D eigenvalue weighted by Crippen LogP contribution is 2.33. The van der Waals surface area contributed by atoms with E-state index in [1.165, 1.54) is 76.8 Å². The molecule has 1 fully saturated rings. The number of nitrogens with zero attached hydrogens (tertiary/aromatic N) is 4. The van der Waals surface area contributed by atoms with E-state index in [9.17, 15) is 91.9 Å². The normalized spacial score (nSPS) is 15.3. The predicted octanol–water partition coefficient (Wildman–Crippen LogP) is 14.6. The molecule has 8 amide bonds. The van der Waals surface area contributed by atoms with Crippen molar-refractivity contribution in [2.75, 3.05) is 59.7 Å². The lowest BCUT2D eigenvalue weighted by molar-refractivity contribution is -0.384. The number of likely N-dealkylation sites (tertiary alicyclic amines) is 1. The number of nitrogens with one attached hydrogen (secondary N) is 5. The molecule has 0 saturated carbocycles. The first-order valence-corrected chi connectivity index (χ1v) is 48.0. The van der Waals surface area contributed by atoms with Crippen molar-refractivity contribution in [3.05, 3.63) is 154 Å². The highest BCUT2D eigenvalue weighted by molar-refractivity contribution is 6.00. The van der Waals surface area contributed by atoms with Crippen LogP contribution in [0.15, 0.2) is 127 Å². The average molecular weight is 1940 g/mol. The van der Waals surface area contributed by atoms with Gasteiger partial charge in [-0.15, -0.1) is 0 Å². The van der Waals surface area contributed by atoms with Crippen LogP contribution in [-0.2, 0) is 109 Å². The number of carbonyl (C=O) groups is 16. The number of amides is 8. The monoisotopic (exact) mass is 1940 g/mol. The Bertz CT molecular complexity index is 4730. The van der Waals surface area contributed by atoms with Gasteiger partial charge in [-0.3, -0.25) is 67.6 Å². The minimum atomic E-state index is -0.991. The van der Waals surface area contributed by atoms with E-state index in [1.807, 2.05) is 87.4 Å². The summed E-state index contributed by atoms with van der Waals surface area (Å²) in [5, 5.41) is 35.8. The Balaban J connectivity index is 0.000000691. The maximum absolute atomic E-state index is 14.8. The molecule has 1 heterocycles. The molecule has 4 aromatic rings. The van der Waals surface area contributed by atoms with Crippen molar-refractivity contribution in [1.29, 1.82) is 0 Å². The number of ketones is 5. The van der Waals surface area contributed by atoms with Gasteiger partial charge in [0.05, 0.1) is 86.0 Å². The molecule has 0 aliphatic carbocycles. The van der Waals surface area contributed by atoms with E-state index in [-0.39, 0.29) is 164 Å². The summed E-state index contributed by atoms with van der Waals surface area (Å²) in [6.45, 7) is 25.6. The number of nitro groups is 1.